The van der Waals surface area contributed by atoms with Gasteiger partial charge in [0.25, 0.3) is 5.69 Å². The first kappa shape index (κ1) is 22.7. The third kappa shape index (κ3) is 5.32. The van der Waals surface area contributed by atoms with Crippen molar-refractivity contribution in [2.45, 2.75) is 13.8 Å². The summed E-state index contributed by atoms with van der Waals surface area (Å²) in [6.45, 7) is 4.53. The Kier molecular flexibility index (Phi) is 9.00. The molecule has 0 fully saturated rings. The summed E-state index contributed by atoms with van der Waals surface area (Å²) in [5, 5.41) is 19.5. The number of hydrogen-bond acceptors (Lipinski definition) is 5. The van der Waals surface area contributed by atoms with Crippen molar-refractivity contribution in [3.63, 3.8) is 0 Å². The van der Waals surface area contributed by atoms with Crippen LogP contribution in [0.25, 0.3) is 22.2 Å². The van der Waals surface area contributed by atoms with E-state index in [-0.39, 0.29) is 38.1 Å². The van der Waals surface area contributed by atoms with E-state index in [9.17, 15) is 14.5 Å². The molecule has 1 aromatic heterocycles. The molecule has 3 aromatic rings. The Bertz CT molecular complexity index is 901. The summed E-state index contributed by atoms with van der Waals surface area (Å²) >= 11 is 0. The van der Waals surface area contributed by atoms with Gasteiger partial charge in [0, 0.05) is 44.9 Å². The maximum absolute atomic E-state index is 13.8. The number of rotatable bonds is 6. The topological polar surface area (TPSA) is 88.6 Å². The molecule has 0 saturated heterocycles. The van der Waals surface area contributed by atoms with Crippen LogP contribution < -0.4 is 9.84 Å². The molecule has 0 spiro atoms. The van der Waals surface area contributed by atoms with Gasteiger partial charge in [0.15, 0.2) is 11.6 Å². The third-order valence-corrected chi connectivity index (χ3v) is 3.45. The van der Waals surface area contributed by atoms with Crippen LogP contribution in [0.2, 0.25) is 0 Å². The second-order valence-corrected chi connectivity index (χ2v) is 4.99. The maximum Gasteiger partial charge on any atom is 0.270 e. The number of methoxy groups -OCH3 is 1. The Hall–Kier alpha value is -2.35. The van der Waals surface area contributed by atoms with Crippen LogP contribution in [0.15, 0.2) is 36.4 Å². The van der Waals surface area contributed by atoms with Crippen LogP contribution in [0.5, 0.6) is 5.75 Å². The van der Waals surface area contributed by atoms with Crippen molar-refractivity contribution in [2.24, 2.45) is 0 Å². The Morgan fingerprint density at radius 2 is 1.93 bits per heavy atom. The number of ether oxygens (including phenoxy) is 2. The molecule has 0 N–H and O–H groups in total. The third-order valence-electron chi connectivity index (χ3n) is 3.45. The molecule has 27 heavy (non-hydrogen) atoms. The van der Waals surface area contributed by atoms with Crippen LogP contribution in [0.4, 0.5) is 10.1 Å². The van der Waals surface area contributed by atoms with Crippen molar-refractivity contribution in [3.05, 3.63) is 52.3 Å². The standard InChI is InChI=1S/C16H13FN3O4.C2H6.Ir/c1-23-6-7-24-15-8-10(2-4-13(15)17)16-12-9-11(20(21)22)3-5-14(12)18-19-16;1-2;/h2-5,8-9H,6-7H2,1H3;1-2H3;/q-1;;. The van der Waals surface area contributed by atoms with Crippen molar-refractivity contribution in [3.8, 4) is 17.0 Å². The van der Waals surface area contributed by atoms with Crippen molar-refractivity contribution in [2.75, 3.05) is 20.3 Å². The van der Waals surface area contributed by atoms with E-state index in [4.69, 9.17) is 9.47 Å². The van der Waals surface area contributed by atoms with E-state index in [1.807, 2.05) is 13.8 Å². The van der Waals surface area contributed by atoms with Crippen molar-refractivity contribution in [1.82, 2.24) is 10.2 Å². The number of nitro benzene ring substituents is 1. The minimum atomic E-state index is -0.510. The fourth-order valence-corrected chi connectivity index (χ4v) is 2.28. The summed E-state index contributed by atoms with van der Waals surface area (Å²) in [7, 11) is 1.52. The van der Waals surface area contributed by atoms with Gasteiger partial charge < -0.3 is 19.7 Å². The molecular formula is C18H19FIrN3O4-. The van der Waals surface area contributed by atoms with Gasteiger partial charge in [0.05, 0.1) is 17.2 Å². The number of halogens is 1. The van der Waals surface area contributed by atoms with Gasteiger partial charge in [-0.1, -0.05) is 19.9 Å². The summed E-state index contributed by atoms with van der Waals surface area (Å²) in [6.07, 6.45) is 0. The fraction of sp³-hybridized carbons (Fsp3) is 0.278. The summed E-state index contributed by atoms with van der Waals surface area (Å²) < 4.78 is 24.0. The molecule has 0 aliphatic rings. The Balaban J connectivity index is 0.00000118. The largest absolute Gasteiger partial charge is 0.574 e. The summed E-state index contributed by atoms with van der Waals surface area (Å²) in [4.78, 5) is 10.5. The van der Waals surface area contributed by atoms with Crippen LogP contribution in [0, 0.1) is 15.9 Å². The molecule has 9 heteroatoms. The number of nitro groups is 1. The number of fused-ring (bicyclic) bond motifs is 1. The molecular weight excluding hydrogens is 533 g/mol. The molecule has 1 heterocycles. The van der Waals surface area contributed by atoms with E-state index in [0.717, 1.165) is 0 Å². The van der Waals surface area contributed by atoms with Crippen molar-refractivity contribution >= 4 is 16.6 Å². The van der Waals surface area contributed by atoms with Crippen LogP contribution >= 0.6 is 0 Å². The molecule has 0 bridgehead atoms. The first-order valence-electron chi connectivity index (χ1n) is 8.09. The molecule has 0 aliphatic carbocycles. The Morgan fingerprint density at radius 1 is 1.19 bits per heavy atom. The molecule has 0 atom stereocenters. The Labute approximate surface area is 169 Å². The molecule has 0 unspecified atom stereocenters. The quantitative estimate of drug-likeness (QED) is 0.261. The number of aromatic nitrogens is 2. The zero-order valence-corrected chi connectivity index (χ0v) is 17.5. The number of non-ortho nitro benzene ring substituents is 1. The average molecular weight is 553 g/mol. The fourth-order valence-electron chi connectivity index (χ4n) is 2.28. The van der Waals surface area contributed by atoms with Crippen LogP contribution in [0.1, 0.15) is 13.8 Å². The van der Waals surface area contributed by atoms with Gasteiger partial charge in [0.1, 0.15) is 6.61 Å². The van der Waals surface area contributed by atoms with Crippen LogP contribution in [0.3, 0.4) is 0 Å². The second kappa shape index (κ2) is 10.7. The summed E-state index contributed by atoms with van der Waals surface area (Å²) in [5.74, 6) is -0.448. The first-order valence-corrected chi connectivity index (χ1v) is 8.09. The predicted octanol–water partition coefficient (Wildman–Crippen LogP) is 3.96. The van der Waals surface area contributed by atoms with Crippen molar-refractivity contribution in [1.29, 1.82) is 0 Å². The van der Waals surface area contributed by atoms with Gasteiger partial charge >= 0.3 is 0 Å². The molecule has 0 amide bonds. The predicted molar refractivity (Wildman–Crippen MR) is 95.8 cm³/mol. The Morgan fingerprint density at radius 3 is 2.59 bits per heavy atom. The molecule has 147 valence electrons. The summed E-state index contributed by atoms with van der Waals surface area (Å²) in [6, 6.07) is 8.58. The number of nitrogens with zero attached hydrogens (tertiary/aromatic N) is 3. The van der Waals surface area contributed by atoms with E-state index in [1.54, 1.807) is 0 Å². The maximum atomic E-state index is 13.8. The molecule has 1 radical (unpaired) electrons. The molecule has 7 nitrogen and oxygen atoms in total. The van der Waals surface area contributed by atoms with Gasteiger partial charge in [-0.15, -0.1) is 5.52 Å². The van der Waals surface area contributed by atoms with E-state index < -0.39 is 10.7 Å². The molecule has 2 aromatic carbocycles. The zero-order chi connectivity index (χ0) is 19.1. The monoisotopic (exact) mass is 553 g/mol. The summed E-state index contributed by atoms with van der Waals surface area (Å²) in [5.41, 5.74) is 1.47. The van der Waals surface area contributed by atoms with Gasteiger partial charge in [0.2, 0.25) is 0 Å². The van der Waals surface area contributed by atoms with E-state index in [2.05, 4.69) is 10.2 Å². The molecule has 3 rings (SSSR count). The van der Waals surface area contributed by atoms with Gasteiger partial charge in [-0.2, -0.15) is 0 Å². The van der Waals surface area contributed by atoms with Crippen molar-refractivity contribution < 1.29 is 38.9 Å². The van der Waals surface area contributed by atoms with E-state index in [1.165, 1.54) is 43.5 Å². The second-order valence-electron chi connectivity index (χ2n) is 4.99. The average Bonchev–Trinajstić information content (AvgIpc) is 3.08. The molecule has 0 aliphatic heterocycles. The zero-order valence-electron chi connectivity index (χ0n) is 15.1. The van der Waals surface area contributed by atoms with E-state index >= 15 is 0 Å². The first-order chi connectivity index (χ1) is 12.6. The van der Waals surface area contributed by atoms with Gasteiger partial charge in [-0.05, 0) is 23.6 Å². The van der Waals surface area contributed by atoms with Gasteiger partial charge in [-0.25, -0.2) is 4.39 Å². The van der Waals surface area contributed by atoms with E-state index in [0.29, 0.717) is 28.8 Å². The smallest absolute Gasteiger partial charge is 0.270 e. The van der Waals surface area contributed by atoms with Gasteiger partial charge in [-0.3, -0.25) is 10.1 Å². The normalized spacial score (nSPS) is 9.93. The minimum Gasteiger partial charge on any atom is -0.574 e. The van der Waals surface area contributed by atoms with Crippen LogP contribution in [-0.4, -0.2) is 30.3 Å². The SMILES string of the molecule is CC.COCCOc1cc(-c2n[n-]c3ccc([N+](=O)[O-])cc23)ccc1F.[Ir]. The minimum absolute atomic E-state index is 0. The number of benzene rings is 2. The number of hydrogen-bond donors (Lipinski definition) is 0. The van der Waals surface area contributed by atoms with Crippen LogP contribution in [-0.2, 0) is 24.8 Å². The molecule has 0 saturated carbocycles.